The number of pyridine rings is 1. The Balaban J connectivity index is 2.15. The summed E-state index contributed by atoms with van der Waals surface area (Å²) in [6, 6.07) is 3.63. The molecule has 1 saturated heterocycles. The Morgan fingerprint density at radius 2 is 2.39 bits per heavy atom. The summed E-state index contributed by atoms with van der Waals surface area (Å²) in [5, 5.41) is 4.02. The van der Waals surface area contributed by atoms with E-state index < -0.39 is 0 Å². The number of rotatable bonds is 2. The molecule has 0 aliphatic carbocycles. The third-order valence-electron chi connectivity index (χ3n) is 3.43. The van der Waals surface area contributed by atoms with Crippen LogP contribution < -0.4 is 5.32 Å². The number of imidazole rings is 1. The topological polar surface area (TPSA) is 46.4 Å². The van der Waals surface area contributed by atoms with Gasteiger partial charge >= 0.3 is 0 Å². The Morgan fingerprint density at radius 1 is 1.50 bits per heavy atom. The molecule has 18 heavy (non-hydrogen) atoms. The van der Waals surface area contributed by atoms with Crippen LogP contribution >= 0.6 is 11.6 Å². The maximum absolute atomic E-state index is 11.1. The van der Waals surface area contributed by atoms with Gasteiger partial charge in [0.1, 0.15) is 11.5 Å². The molecule has 0 bridgehead atoms. The van der Waals surface area contributed by atoms with Gasteiger partial charge in [0.2, 0.25) is 0 Å². The third-order valence-corrected chi connectivity index (χ3v) is 3.65. The molecular weight excluding hydrogens is 250 g/mol. The highest BCUT2D eigenvalue weighted by atomic mass is 35.5. The average Bonchev–Trinajstić information content (AvgIpc) is 2.77. The second kappa shape index (κ2) is 4.71. The van der Waals surface area contributed by atoms with Gasteiger partial charge in [-0.15, -0.1) is 0 Å². The van der Waals surface area contributed by atoms with Crippen molar-refractivity contribution < 1.29 is 4.79 Å². The van der Waals surface area contributed by atoms with E-state index in [2.05, 4.69) is 10.3 Å². The quantitative estimate of drug-likeness (QED) is 0.846. The molecule has 0 amide bonds. The molecule has 1 unspecified atom stereocenters. The van der Waals surface area contributed by atoms with Crippen molar-refractivity contribution in [1.29, 1.82) is 0 Å². The van der Waals surface area contributed by atoms with Crippen molar-refractivity contribution in [3.63, 3.8) is 0 Å². The van der Waals surface area contributed by atoms with Gasteiger partial charge in [-0.1, -0.05) is 11.6 Å². The van der Waals surface area contributed by atoms with Crippen LogP contribution in [0.15, 0.2) is 18.3 Å². The second-order valence-electron chi connectivity index (χ2n) is 4.62. The number of aldehydes is 1. The van der Waals surface area contributed by atoms with Crippen LogP contribution in [0.5, 0.6) is 0 Å². The third kappa shape index (κ3) is 1.91. The predicted molar refractivity (Wildman–Crippen MR) is 70.4 cm³/mol. The number of aromatic nitrogens is 2. The highest BCUT2D eigenvalue weighted by Gasteiger charge is 2.21. The summed E-state index contributed by atoms with van der Waals surface area (Å²) < 4.78 is 1.95. The summed E-state index contributed by atoms with van der Waals surface area (Å²) in [6.45, 7) is 1.96. The first-order valence-corrected chi connectivity index (χ1v) is 6.51. The van der Waals surface area contributed by atoms with Crippen molar-refractivity contribution in [3.05, 3.63) is 34.9 Å². The van der Waals surface area contributed by atoms with Gasteiger partial charge in [-0.05, 0) is 31.5 Å². The monoisotopic (exact) mass is 263 g/mol. The number of piperidine rings is 1. The number of carbonyl (C=O) groups is 1. The van der Waals surface area contributed by atoms with E-state index >= 15 is 0 Å². The van der Waals surface area contributed by atoms with Crippen molar-refractivity contribution in [2.45, 2.75) is 18.8 Å². The zero-order valence-corrected chi connectivity index (χ0v) is 10.7. The van der Waals surface area contributed by atoms with E-state index in [4.69, 9.17) is 11.6 Å². The van der Waals surface area contributed by atoms with Crippen LogP contribution in [0.1, 0.15) is 35.1 Å². The molecule has 5 heteroatoms. The van der Waals surface area contributed by atoms with Crippen LogP contribution in [-0.4, -0.2) is 28.8 Å². The molecule has 1 fully saturated rings. The van der Waals surface area contributed by atoms with E-state index in [1.807, 2.05) is 16.7 Å². The first kappa shape index (κ1) is 11.7. The van der Waals surface area contributed by atoms with E-state index in [1.165, 1.54) is 0 Å². The molecule has 2 aromatic rings. The lowest BCUT2D eigenvalue weighted by atomic mass is 9.99. The Morgan fingerprint density at radius 3 is 3.11 bits per heavy atom. The zero-order chi connectivity index (χ0) is 12.5. The fourth-order valence-electron chi connectivity index (χ4n) is 2.55. The fourth-order valence-corrected chi connectivity index (χ4v) is 2.72. The van der Waals surface area contributed by atoms with E-state index in [0.29, 0.717) is 16.6 Å². The lowest BCUT2D eigenvalue weighted by Gasteiger charge is -2.21. The minimum Gasteiger partial charge on any atom is -0.316 e. The summed E-state index contributed by atoms with van der Waals surface area (Å²) >= 11 is 6.03. The summed E-state index contributed by atoms with van der Waals surface area (Å²) in [7, 11) is 0. The van der Waals surface area contributed by atoms with Crippen LogP contribution in [-0.2, 0) is 0 Å². The van der Waals surface area contributed by atoms with Crippen LogP contribution in [0.2, 0.25) is 5.02 Å². The van der Waals surface area contributed by atoms with E-state index in [-0.39, 0.29) is 0 Å². The number of hydrogen-bond donors (Lipinski definition) is 1. The SMILES string of the molecule is O=Cc1nc(C2CCCNC2)n2cc(Cl)ccc12. The first-order chi connectivity index (χ1) is 8.79. The van der Waals surface area contributed by atoms with E-state index in [0.717, 1.165) is 43.6 Å². The maximum atomic E-state index is 11.1. The number of nitrogens with zero attached hydrogens (tertiary/aromatic N) is 2. The predicted octanol–water partition coefficient (Wildman–Crippen LogP) is 2.27. The zero-order valence-electron chi connectivity index (χ0n) is 9.90. The highest BCUT2D eigenvalue weighted by Crippen LogP contribution is 2.26. The Kier molecular flexibility index (Phi) is 3.06. The van der Waals surface area contributed by atoms with Crippen LogP contribution in [0.25, 0.3) is 5.52 Å². The van der Waals surface area contributed by atoms with Gasteiger partial charge < -0.3 is 9.72 Å². The standard InChI is InChI=1S/C13H14ClN3O/c14-10-3-4-12-11(8-18)16-13(17(12)7-10)9-2-1-5-15-6-9/h3-4,7-9,15H,1-2,5-6H2. The van der Waals surface area contributed by atoms with Crippen LogP contribution in [0.4, 0.5) is 0 Å². The molecule has 3 rings (SSSR count). The summed E-state index contributed by atoms with van der Waals surface area (Å²) in [6.07, 6.45) is 4.87. The number of halogens is 1. The lowest BCUT2D eigenvalue weighted by molar-refractivity contribution is 0.112. The molecule has 94 valence electrons. The Labute approximate surface area is 110 Å². The van der Waals surface area contributed by atoms with Gasteiger partial charge in [0.25, 0.3) is 0 Å². The average molecular weight is 264 g/mol. The summed E-state index contributed by atoms with van der Waals surface area (Å²) in [5.41, 5.74) is 1.32. The van der Waals surface area contributed by atoms with Crippen molar-refractivity contribution in [2.75, 3.05) is 13.1 Å². The van der Waals surface area contributed by atoms with E-state index in [1.54, 1.807) is 6.07 Å². The minimum absolute atomic E-state index is 0.346. The highest BCUT2D eigenvalue weighted by molar-refractivity contribution is 6.30. The largest absolute Gasteiger partial charge is 0.316 e. The van der Waals surface area contributed by atoms with Crippen LogP contribution in [0.3, 0.4) is 0 Å². The van der Waals surface area contributed by atoms with Crippen molar-refractivity contribution in [3.8, 4) is 0 Å². The molecule has 0 spiro atoms. The van der Waals surface area contributed by atoms with Gasteiger partial charge in [-0.2, -0.15) is 0 Å². The second-order valence-corrected chi connectivity index (χ2v) is 5.06. The number of hydrogen-bond acceptors (Lipinski definition) is 3. The number of fused-ring (bicyclic) bond motifs is 1. The van der Waals surface area contributed by atoms with E-state index in [9.17, 15) is 4.79 Å². The number of nitrogens with one attached hydrogen (secondary N) is 1. The number of carbonyl (C=O) groups excluding carboxylic acids is 1. The molecule has 0 radical (unpaired) electrons. The minimum atomic E-state index is 0.346. The molecule has 2 aromatic heterocycles. The molecule has 1 aliphatic heterocycles. The van der Waals surface area contributed by atoms with Gasteiger partial charge in [0.05, 0.1) is 10.5 Å². The summed E-state index contributed by atoms with van der Waals surface area (Å²) in [4.78, 5) is 15.5. The van der Waals surface area contributed by atoms with Gasteiger partial charge in [-0.25, -0.2) is 4.98 Å². The molecule has 0 saturated carbocycles. The van der Waals surface area contributed by atoms with Crippen molar-refractivity contribution in [2.24, 2.45) is 0 Å². The summed E-state index contributed by atoms with van der Waals surface area (Å²) in [5.74, 6) is 1.28. The molecule has 0 aromatic carbocycles. The van der Waals surface area contributed by atoms with Crippen LogP contribution in [0, 0.1) is 0 Å². The molecule has 1 atom stereocenters. The molecule has 3 heterocycles. The fraction of sp³-hybridized carbons (Fsp3) is 0.385. The van der Waals surface area contributed by atoms with Gasteiger partial charge in [0, 0.05) is 18.7 Å². The molecule has 1 N–H and O–H groups in total. The Bertz CT molecular complexity index is 587. The van der Waals surface area contributed by atoms with Crippen molar-refractivity contribution >= 4 is 23.4 Å². The Hall–Kier alpha value is -1.39. The first-order valence-electron chi connectivity index (χ1n) is 6.13. The normalized spacial score (nSPS) is 20.2. The smallest absolute Gasteiger partial charge is 0.170 e. The lowest BCUT2D eigenvalue weighted by Crippen LogP contribution is -2.29. The maximum Gasteiger partial charge on any atom is 0.170 e. The molecule has 1 aliphatic rings. The molecular formula is C13H14ClN3O. The van der Waals surface area contributed by atoms with Crippen molar-refractivity contribution in [1.82, 2.24) is 14.7 Å². The van der Waals surface area contributed by atoms with Gasteiger partial charge in [-0.3, -0.25) is 4.79 Å². The molecule has 4 nitrogen and oxygen atoms in total. The van der Waals surface area contributed by atoms with Gasteiger partial charge in [0.15, 0.2) is 6.29 Å².